The fourth-order valence-corrected chi connectivity index (χ4v) is 4.57. The van der Waals surface area contributed by atoms with Crippen molar-refractivity contribution in [1.29, 1.82) is 0 Å². The number of carbonyl (C=O) groups excluding carboxylic acids is 1. The van der Waals surface area contributed by atoms with Gasteiger partial charge in [-0.1, -0.05) is 6.92 Å². The molecule has 3 rings (SSSR count). The number of hydrogen-bond acceptors (Lipinski definition) is 3. The Labute approximate surface area is 149 Å². The zero-order valence-electron chi connectivity index (χ0n) is 15.5. The van der Waals surface area contributed by atoms with Gasteiger partial charge in [-0.2, -0.15) is 0 Å². The minimum absolute atomic E-state index is 0.0618. The molecule has 4 nitrogen and oxygen atoms in total. The molecule has 1 saturated heterocycles. The summed E-state index contributed by atoms with van der Waals surface area (Å²) in [5.41, 5.74) is 0. The van der Waals surface area contributed by atoms with E-state index in [2.05, 4.69) is 0 Å². The lowest BCUT2D eigenvalue weighted by Crippen LogP contribution is -2.49. The molecule has 1 heterocycles. The molecule has 0 aromatic rings. The van der Waals surface area contributed by atoms with Crippen molar-refractivity contribution in [3.63, 3.8) is 0 Å². The average Bonchev–Trinajstić information content (AvgIpc) is 3.26. The van der Waals surface area contributed by atoms with Gasteiger partial charge in [0, 0.05) is 0 Å². The van der Waals surface area contributed by atoms with Crippen LogP contribution in [0.2, 0.25) is 0 Å². The van der Waals surface area contributed by atoms with Gasteiger partial charge in [-0.25, -0.2) is 13.6 Å². The smallest absolute Gasteiger partial charge is 0.410 e. The first-order chi connectivity index (χ1) is 11.9. The topological polar surface area (TPSA) is 38.8 Å². The van der Waals surface area contributed by atoms with Crippen LogP contribution in [-0.2, 0) is 9.47 Å². The molecular formula is C19H31F2NO3. The van der Waals surface area contributed by atoms with Gasteiger partial charge >= 0.3 is 6.09 Å². The van der Waals surface area contributed by atoms with Crippen LogP contribution >= 0.6 is 0 Å². The minimum atomic E-state index is -1.67. The number of fused-ring (bicyclic) bond motifs is 1. The highest BCUT2D eigenvalue weighted by molar-refractivity contribution is 5.69. The van der Waals surface area contributed by atoms with Crippen LogP contribution in [0.3, 0.4) is 0 Å². The fourth-order valence-electron chi connectivity index (χ4n) is 4.57. The molecule has 25 heavy (non-hydrogen) atoms. The highest BCUT2D eigenvalue weighted by Gasteiger charge is 2.47. The first kappa shape index (κ1) is 18.9. The summed E-state index contributed by atoms with van der Waals surface area (Å²) >= 11 is 0. The van der Waals surface area contributed by atoms with E-state index in [1.807, 2.05) is 6.92 Å². The lowest BCUT2D eigenvalue weighted by atomic mass is 9.97. The molecule has 1 amide bonds. The standard InChI is InChI=1S/C19H31F2NO3/c1-11(2)25-19(23)22-17(16(21)9-20)6-12(3)18(22)10-24-15-5-4-13-7-14(13)8-15/h11-18H,4-10H2,1-3H3. The number of ether oxygens (including phenoxy) is 2. The second-order valence-electron chi connectivity index (χ2n) is 8.38. The van der Waals surface area contributed by atoms with Gasteiger partial charge in [-0.3, -0.25) is 4.90 Å². The third kappa shape index (κ3) is 4.26. The van der Waals surface area contributed by atoms with Gasteiger partial charge in [0.15, 0.2) is 0 Å². The molecule has 7 atom stereocenters. The second-order valence-corrected chi connectivity index (χ2v) is 8.38. The predicted molar refractivity (Wildman–Crippen MR) is 90.9 cm³/mol. The first-order valence-corrected chi connectivity index (χ1v) is 9.71. The van der Waals surface area contributed by atoms with Crippen LogP contribution in [0.15, 0.2) is 0 Å². The molecule has 2 saturated carbocycles. The van der Waals surface area contributed by atoms with Crippen molar-refractivity contribution in [2.75, 3.05) is 13.3 Å². The van der Waals surface area contributed by atoms with Gasteiger partial charge < -0.3 is 9.47 Å². The highest BCUT2D eigenvalue weighted by atomic mass is 19.2. The molecule has 1 aliphatic heterocycles. The Morgan fingerprint density at radius 2 is 1.96 bits per heavy atom. The van der Waals surface area contributed by atoms with Crippen molar-refractivity contribution < 1.29 is 23.0 Å². The van der Waals surface area contributed by atoms with Gasteiger partial charge in [0.1, 0.15) is 12.8 Å². The Morgan fingerprint density at radius 3 is 2.60 bits per heavy atom. The normalized spacial score (nSPS) is 38.6. The molecule has 144 valence electrons. The Kier molecular flexibility index (Phi) is 5.86. The van der Waals surface area contributed by atoms with E-state index < -0.39 is 25.0 Å². The van der Waals surface area contributed by atoms with E-state index in [4.69, 9.17) is 9.47 Å². The maximum atomic E-state index is 14.1. The SMILES string of the molecule is CC(C)OC(=O)N1C(COC2CCC3CC3C2)C(C)CC1C(F)CF. The van der Waals surface area contributed by atoms with E-state index in [1.165, 1.54) is 17.7 Å². The molecular weight excluding hydrogens is 328 g/mol. The summed E-state index contributed by atoms with van der Waals surface area (Å²) in [6.45, 7) is 4.79. The van der Waals surface area contributed by atoms with Crippen LogP contribution in [0.5, 0.6) is 0 Å². The van der Waals surface area contributed by atoms with Gasteiger partial charge in [0.2, 0.25) is 0 Å². The van der Waals surface area contributed by atoms with Crippen LogP contribution in [-0.4, -0.2) is 54.7 Å². The van der Waals surface area contributed by atoms with Gasteiger partial charge in [0.25, 0.3) is 0 Å². The third-order valence-electron chi connectivity index (χ3n) is 6.09. The average molecular weight is 359 g/mol. The summed E-state index contributed by atoms with van der Waals surface area (Å²) < 4.78 is 38.5. The van der Waals surface area contributed by atoms with Gasteiger partial charge in [-0.05, 0) is 63.7 Å². The fraction of sp³-hybridized carbons (Fsp3) is 0.947. The molecule has 0 N–H and O–H groups in total. The van der Waals surface area contributed by atoms with Crippen LogP contribution in [0.1, 0.15) is 52.9 Å². The molecule has 7 unspecified atom stereocenters. The van der Waals surface area contributed by atoms with Crippen molar-refractivity contribution in [1.82, 2.24) is 4.90 Å². The van der Waals surface area contributed by atoms with Crippen LogP contribution in [0, 0.1) is 17.8 Å². The molecule has 0 aromatic carbocycles. The number of likely N-dealkylation sites (tertiary alicyclic amines) is 1. The molecule has 3 fully saturated rings. The van der Waals surface area contributed by atoms with E-state index in [0.717, 1.165) is 24.7 Å². The number of carbonyl (C=O) groups is 1. The quantitative estimate of drug-likeness (QED) is 0.716. The van der Waals surface area contributed by atoms with E-state index in [1.54, 1.807) is 13.8 Å². The summed E-state index contributed by atoms with van der Waals surface area (Å²) in [4.78, 5) is 13.9. The van der Waals surface area contributed by atoms with E-state index in [9.17, 15) is 13.6 Å². The Hall–Kier alpha value is -0.910. The summed E-state index contributed by atoms with van der Waals surface area (Å²) in [5, 5.41) is 0. The van der Waals surface area contributed by atoms with Crippen LogP contribution in [0.4, 0.5) is 13.6 Å². The molecule has 0 aromatic heterocycles. The third-order valence-corrected chi connectivity index (χ3v) is 6.09. The van der Waals surface area contributed by atoms with Crippen molar-refractivity contribution in [3.05, 3.63) is 0 Å². The largest absolute Gasteiger partial charge is 0.447 e. The zero-order valence-corrected chi connectivity index (χ0v) is 15.5. The lowest BCUT2D eigenvalue weighted by molar-refractivity contribution is -0.0218. The highest BCUT2D eigenvalue weighted by Crippen LogP contribution is 2.50. The Balaban J connectivity index is 1.64. The first-order valence-electron chi connectivity index (χ1n) is 9.71. The van der Waals surface area contributed by atoms with E-state index in [0.29, 0.717) is 13.0 Å². The Morgan fingerprint density at radius 1 is 1.20 bits per heavy atom. The second kappa shape index (κ2) is 7.77. The number of alkyl halides is 2. The lowest BCUT2D eigenvalue weighted by Gasteiger charge is -2.33. The summed E-state index contributed by atoms with van der Waals surface area (Å²) in [6.07, 6.45) is 2.89. The zero-order chi connectivity index (χ0) is 18.1. The number of halogens is 2. The Bertz CT molecular complexity index is 476. The summed E-state index contributed by atoms with van der Waals surface area (Å²) in [7, 11) is 0. The minimum Gasteiger partial charge on any atom is -0.447 e. The molecule has 0 spiro atoms. The molecule has 0 radical (unpaired) electrons. The van der Waals surface area contributed by atoms with Gasteiger partial charge in [0.05, 0.1) is 30.9 Å². The van der Waals surface area contributed by atoms with Crippen molar-refractivity contribution in [2.45, 2.75) is 83.3 Å². The molecule has 6 heteroatoms. The van der Waals surface area contributed by atoms with Crippen molar-refractivity contribution in [2.24, 2.45) is 17.8 Å². The molecule has 2 aliphatic carbocycles. The maximum Gasteiger partial charge on any atom is 0.410 e. The monoisotopic (exact) mass is 359 g/mol. The number of rotatable bonds is 6. The van der Waals surface area contributed by atoms with E-state index in [-0.39, 0.29) is 24.2 Å². The molecule has 3 aliphatic rings. The van der Waals surface area contributed by atoms with Crippen molar-refractivity contribution >= 4 is 6.09 Å². The van der Waals surface area contributed by atoms with Crippen LogP contribution in [0.25, 0.3) is 0 Å². The number of nitrogens with zero attached hydrogens (tertiary/aromatic N) is 1. The predicted octanol–water partition coefficient (Wildman–Crippen LogP) is 4.12. The van der Waals surface area contributed by atoms with Gasteiger partial charge in [-0.15, -0.1) is 0 Å². The maximum absolute atomic E-state index is 14.1. The molecule has 0 bridgehead atoms. The van der Waals surface area contributed by atoms with Crippen molar-refractivity contribution in [3.8, 4) is 0 Å². The van der Waals surface area contributed by atoms with E-state index >= 15 is 0 Å². The number of hydrogen-bond donors (Lipinski definition) is 0. The number of amides is 1. The summed E-state index contributed by atoms with van der Waals surface area (Å²) in [6, 6.07) is -1.02. The van der Waals surface area contributed by atoms with Crippen LogP contribution < -0.4 is 0 Å². The summed E-state index contributed by atoms with van der Waals surface area (Å²) in [5.74, 6) is 1.78.